The van der Waals surface area contributed by atoms with Gasteiger partial charge in [0.2, 0.25) is 0 Å². The van der Waals surface area contributed by atoms with Crippen LogP contribution in [0.4, 0.5) is 8.78 Å². The second-order valence-corrected chi connectivity index (χ2v) is 7.41. The number of aliphatic hydroxyl groups is 1. The summed E-state index contributed by atoms with van der Waals surface area (Å²) in [6.45, 7) is -2.82. The summed E-state index contributed by atoms with van der Waals surface area (Å²) in [5.74, 6) is -1.16. The zero-order valence-electron chi connectivity index (χ0n) is 11.0. The Kier molecular flexibility index (Phi) is 4.43. The van der Waals surface area contributed by atoms with E-state index >= 15 is 0 Å². The molecule has 0 atom stereocenters. The lowest BCUT2D eigenvalue weighted by Gasteiger charge is -2.31. The molecule has 114 valence electrons. The van der Waals surface area contributed by atoms with E-state index in [-0.39, 0.29) is 5.82 Å². The van der Waals surface area contributed by atoms with Gasteiger partial charge in [-0.3, -0.25) is 4.57 Å². The van der Waals surface area contributed by atoms with Crippen molar-refractivity contribution in [3.63, 3.8) is 0 Å². The van der Waals surface area contributed by atoms with Gasteiger partial charge >= 0.3 is 6.55 Å². The van der Waals surface area contributed by atoms with Crippen molar-refractivity contribution in [2.24, 2.45) is 0 Å². The van der Waals surface area contributed by atoms with Crippen LogP contribution in [0.5, 0.6) is 0 Å². The van der Waals surface area contributed by atoms with E-state index in [9.17, 15) is 22.3 Å². The van der Waals surface area contributed by atoms with Crippen molar-refractivity contribution < 1.29 is 22.3 Å². The monoisotopic (exact) mass is 308 g/mol. The van der Waals surface area contributed by atoms with Crippen LogP contribution in [0.25, 0.3) is 0 Å². The molecule has 1 aliphatic rings. The quantitative estimate of drug-likeness (QED) is 0.901. The molecule has 0 aliphatic heterocycles. The van der Waals surface area contributed by atoms with Gasteiger partial charge in [0.05, 0.1) is 11.4 Å². The number of imidazole rings is 1. The van der Waals surface area contributed by atoms with Crippen molar-refractivity contribution in [3.05, 3.63) is 18.2 Å². The Labute approximate surface area is 116 Å². The maximum atomic E-state index is 12.6. The summed E-state index contributed by atoms with van der Waals surface area (Å²) in [6, 6.07) is 0. The molecular formula is C12H18F2N2O3S. The highest BCUT2D eigenvalue weighted by Crippen LogP contribution is 2.30. The summed E-state index contributed by atoms with van der Waals surface area (Å²) in [4.78, 5) is 3.66. The molecule has 0 radical (unpaired) electrons. The molecule has 1 aromatic heterocycles. The molecule has 0 amide bonds. The smallest absolute Gasteiger partial charge is 0.319 e. The van der Waals surface area contributed by atoms with Crippen LogP contribution >= 0.6 is 0 Å². The molecule has 1 N–H and O–H groups in total. The van der Waals surface area contributed by atoms with Crippen LogP contribution in [0.3, 0.4) is 0 Å². The van der Waals surface area contributed by atoms with E-state index in [1.54, 1.807) is 0 Å². The molecule has 1 fully saturated rings. The van der Waals surface area contributed by atoms with E-state index in [1.165, 1.54) is 0 Å². The molecular weight excluding hydrogens is 290 g/mol. The highest BCUT2D eigenvalue weighted by molar-refractivity contribution is 7.90. The van der Waals surface area contributed by atoms with Gasteiger partial charge in [-0.1, -0.05) is 19.3 Å². The SMILES string of the molecule is O=S(=O)(Cc1nccn1C(F)F)CC1(O)CCCCC1. The van der Waals surface area contributed by atoms with Crippen LogP contribution in [0.2, 0.25) is 0 Å². The number of aromatic nitrogens is 2. The van der Waals surface area contributed by atoms with Gasteiger partial charge in [0.1, 0.15) is 11.6 Å². The largest absolute Gasteiger partial charge is 0.389 e. The minimum Gasteiger partial charge on any atom is -0.389 e. The standard InChI is InChI=1S/C12H18F2N2O3S/c13-11(14)16-7-6-15-10(16)8-20(18,19)9-12(17)4-2-1-3-5-12/h6-7,11,17H,1-5,8-9H2. The summed E-state index contributed by atoms with van der Waals surface area (Å²) in [5.41, 5.74) is -1.22. The fraction of sp³-hybridized carbons (Fsp3) is 0.750. The summed E-state index contributed by atoms with van der Waals surface area (Å²) in [6.07, 6.45) is 5.63. The molecule has 0 bridgehead atoms. The molecule has 20 heavy (non-hydrogen) atoms. The van der Waals surface area contributed by atoms with E-state index in [2.05, 4.69) is 4.98 Å². The average molecular weight is 308 g/mol. The Bertz CT molecular complexity index is 551. The molecule has 1 saturated carbocycles. The lowest BCUT2D eigenvalue weighted by Crippen LogP contribution is -2.39. The Hall–Kier alpha value is -1.02. The van der Waals surface area contributed by atoms with E-state index in [0.29, 0.717) is 17.4 Å². The number of alkyl halides is 2. The Morgan fingerprint density at radius 1 is 1.35 bits per heavy atom. The molecule has 5 nitrogen and oxygen atoms in total. The number of sulfone groups is 1. The second kappa shape index (κ2) is 5.77. The first kappa shape index (κ1) is 15.4. The van der Waals surface area contributed by atoms with Crippen LogP contribution in [-0.2, 0) is 15.6 Å². The number of rotatable bonds is 5. The normalized spacial score (nSPS) is 19.4. The maximum Gasteiger partial charge on any atom is 0.319 e. The Morgan fingerprint density at radius 2 is 2.00 bits per heavy atom. The molecule has 0 saturated heterocycles. The van der Waals surface area contributed by atoms with Crippen molar-refractivity contribution in [1.82, 2.24) is 9.55 Å². The first-order valence-electron chi connectivity index (χ1n) is 6.54. The molecule has 8 heteroatoms. The van der Waals surface area contributed by atoms with E-state index in [1.807, 2.05) is 0 Å². The number of hydrogen-bond acceptors (Lipinski definition) is 4. The van der Waals surface area contributed by atoms with E-state index < -0.39 is 33.5 Å². The Balaban J connectivity index is 2.09. The third-order valence-electron chi connectivity index (χ3n) is 3.58. The highest BCUT2D eigenvalue weighted by atomic mass is 32.2. The van der Waals surface area contributed by atoms with Gasteiger partial charge < -0.3 is 5.11 Å². The summed E-state index contributed by atoms with van der Waals surface area (Å²) >= 11 is 0. The van der Waals surface area contributed by atoms with E-state index in [0.717, 1.165) is 31.7 Å². The zero-order valence-corrected chi connectivity index (χ0v) is 11.8. The first-order valence-corrected chi connectivity index (χ1v) is 8.36. The predicted molar refractivity (Wildman–Crippen MR) is 69.0 cm³/mol. The zero-order chi connectivity index (χ0) is 14.8. The van der Waals surface area contributed by atoms with Crippen LogP contribution in [-0.4, -0.2) is 34.4 Å². The average Bonchev–Trinajstić information content (AvgIpc) is 2.75. The van der Waals surface area contributed by atoms with Gasteiger partial charge in [0, 0.05) is 12.4 Å². The molecule has 1 heterocycles. The number of halogens is 2. The van der Waals surface area contributed by atoms with Gasteiger partial charge in [-0.15, -0.1) is 0 Å². The van der Waals surface area contributed by atoms with Gasteiger partial charge in [0.15, 0.2) is 9.84 Å². The first-order chi connectivity index (χ1) is 9.31. The third kappa shape index (κ3) is 3.76. The molecule has 1 aliphatic carbocycles. The molecule has 1 aromatic rings. The predicted octanol–water partition coefficient (Wildman–Crippen LogP) is 1.89. The summed E-state index contributed by atoms with van der Waals surface area (Å²) in [5, 5.41) is 10.3. The van der Waals surface area contributed by atoms with Crippen molar-refractivity contribution in [3.8, 4) is 0 Å². The van der Waals surface area contributed by atoms with Crippen molar-refractivity contribution in [2.75, 3.05) is 5.75 Å². The van der Waals surface area contributed by atoms with Crippen molar-refractivity contribution in [1.29, 1.82) is 0 Å². The molecule has 0 aromatic carbocycles. The Morgan fingerprint density at radius 3 is 2.60 bits per heavy atom. The molecule has 0 unspecified atom stereocenters. The fourth-order valence-corrected chi connectivity index (χ4v) is 4.47. The van der Waals surface area contributed by atoms with Crippen molar-refractivity contribution in [2.45, 2.75) is 50.0 Å². The lowest BCUT2D eigenvalue weighted by atomic mass is 9.86. The summed E-state index contributed by atoms with van der Waals surface area (Å²) < 4.78 is 50.0. The van der Waals surface area contributed by atoms with Gasteiger partial charge in [-0.05, 0) is 12.8 Å². The minimum absolute atomic E-state index is 0.195. The van der Waals surface area contributed by atoms with Crippen LogP contribution < -0.4 is 0 Å². The minimum atomic E-state index is -3.69. The van der Waals surface area contributed by atoms with Crippen LogP contribution in [0, 0.1) is 0 Å². The van der Waals surface area contributed by atoms with Gasteiger partial charge in [-0.25, -0.2) is 13.4 Å². The molecule has 2 rings (SSSR count). The highest BCUT2D eigenvalue weighted by Gasteiger charge is 2.35. The maximum absolute atomic E-state index is 12.6. The molecule has 0 spiro atoms. The van der Waals surface area contributed by atoms with Gasteiger partial charge in [-0.2, -0.15) is 8.78 Å². The second-order valence-electron chi connectivity index (χ2n) is 5.35. The van der Waals surface area contributed by atoms with Crippen molar-refractivity contribution >= 4 is 9.84 Å². The number of nitrogens with zero attached hydrogens (tertiary/aromatic N) is 2. The van der Waals surface area contributed by atoms with Crippen LogP contribution in [0.1, 0.15) is 44.5 Å². The van der Waals surface area contributed by atoms with Crippen LogP contribution in [0.15, 0.2) is 12.4 Å². The topological polar surface area (TPSA) is 72.2 Å². The fourth-order valence-electron chi connectivity index (χ4n) is 2.64. The van der Waals surface area contributed by atoms with E-state index in [4.69, 9.17) is 0 Å². The third-order valence-corrected chi connectivity index (χ3v) is 5.26. The summed E-state index contributed by atoms with van der Waals surface area (Å²) in [7, 11) is -3.69. The lowest BCUT2D eigenvalue weighted by molar-refractivity contribution is 0.0257. The number of hydrogen-bond donors (Lipinski definition) is 1. The van der Waals surface area contributed by atoms with Gasteiger partial charge in [0.25, 0.3) is 0 Å².